The molecule has 0 atom stereocenters. The highest BCUT2D eigenvalue weighted by atomic mass is 16.5. The van der Waals surface area contributed by atoms with E-state index in [0.29, 0.717) is 17.9 Å². The molecule has 4 nitrogen and oxygen atoms in total. The lowest BCUT2D eigenvalue weighted by atomic mass is 10.1. The summed E-state index contributed by atoms with van der Waals surface area (Å²) in [6.45, 7) is 2.73. The van der Waals surface area contributed by atoms with Crippen LogP contribution in [-0.2, 0) is 13.5 Å². The van der Waals surface area contributed by atoms with Crippen LogP contribution in [0.5, 0.6) is 5.75 Å². The Morgan fingerprint density at radius 3 is 2.75 bits per heavy atom. The summed E-state index contributed by atoms with van der Waals surface area (Å²) in [5.41, 5.74) is 4.37. The molecule has 0 bridgehead atoms. The minimum atomic E-state index is -0.0770. The Labute approximate surface area is 142 Å². The molecule has 3 aromatic rings. The van der Waals surface area contributed by atoms with Gasteiger partial charge in [-0.15, -0.1) is 0 Å². The summed E-state index contributed by atoms with van der Waals surface area (Å²) >= 11 is 0. The Morgan fingerprint density at radius 1 is 1.17 bits per heavy atom. The number of para-hydroxylation sites is 1. The summed E-state index contributed by atoms with van der Waals surface area (Å²) in [5.74, 6) is 0.610. The van der Waals surface area contributed by atoms with Crippen molar-refractivity contribution in [3.8, 4) is 5.75 Å². The molecule has 2 aromatic carbocycles. The van der Waals surface area contributed by atoms with Crippen LogP contribution in [0.4, 0.5) is 0 Å². The first-order chi connectivity index (χ1) is 11.6. The zero-order valence-electron chi connectivity index (χ0n) is 14.3. The zero-order valence-corrected chi connectivity index (χ0v) is 14.3. The van der Waals surface area contributed by atoms with Crippen molar-refractivity contribution >= 4 is 16.8 Å². The molecule has 1 N–H and O–H groups in total. The molecule has 3 rings (SSSR count). The standard InChI is InChI=1S/C20H22N2O2/c1-14-17(18-9-4-5-10-19(18)22(14)2)11-12-21-20(23)15-7-6-8-16(13-15)24-3/h4-10,13H,11-12H2,1-3H3,(H,21,23). The molecular formula is C20H22N2O2. The van der Waals surface area contributed by atoms with Gasteiger partial charge in [-0.05, 0) is 43.2 Å². The van der Waals surface area contributed by atoms with Crippen molar-refractivity contribution in [3.63, 3.8) is 0 Å². The first kappa shape index (κ1) is 16.1. The van der Waals surface area contributed by atoms with Crippen LogP contribution in [-0.4, -0.2) is 24.1 Å². The summed E-state index contributed by atoms with van der Waals surface area (Å²) in [4.78, 5) is 12.3. The van der Waals surface area contributed by atoms with Gasteiger partial charge in [-0.1, -0.05) is 24.3 Å². The fraction of sp³-hybridized carbons (Fsp3) is 0.250. The minimum absolute atomic E-state index is 0.0770. The smallest absolute Gasteiger partial charge is 0.251 e. The third-order valence-electron chi connectivity index (χ3n) is 4.52. The largest absolute Gasteiger partial charge is 0.497 e. The van der Waals surface area contributed by atoms with E-state index in [-0.39, 0.29) is 5.91 Å². The second-order valence-electron chi connectivity index (χ2n) is 5.88. The quantitative estimate of drug-likeness (QED) is 0.781. The molecule has 0 unspecified atom stereocenters. The number of hydrogen-bond donors (Lipinski definition) is 1. The normalized spacial score (nSPS) is 10.8. The number of carbonyl (C=O) groups excluding carboxylic acids is 1. The van der Waals surface area contributed by atoms with Crippen LogP contribution >= 0.6 is 0 Å². The van der Waals surface area contributed by atoms with E-state index >= 15 is 0 Å². The van der Waals surface area contributed by atoms with Crippen molar-refractivity contribution in [3.05, 3.63) is 65.4 Å². The van der Waals surface area contributed by atoms with E-state index in [1.165, 1.54) is 22.2 Å². The molecule has 4 heteroatoms. The monoisotopic (exact) mass is 322 g/mol. The van der Waals surface area contributed by atoms with Gasteiger partial charge < -0.3 is 14.6 Å². The van der Waals surface area contributed by atoms with Crippen LogP contribution < -0.4 is 10.1 Å². The van der Waals surface area contributed by atoms with Crippen LogP contribution in [0, 0.1) is 6.92 Å². The number of aromatic nitrogens is 1. The van der Waals surface area contributed by atoms with Crippen LogP contribution in [0.1, 0.15) is 21.6 Å². The average Bonchev–Trinajstić information content (AvgIpc) is 2.87. The third-order valence-corrected chi connectivity index (χ3v) is 4.52. The van der Waals surface area contributed by atoms with Gasteiger partial charge in [-0.25, -0.2) is 0 Å². The highest BCUT2D eigenvalue weighted by Gasteiger charge is 2.12. The average molecular weight is 322 g/mol. The van der Waals surface area contributed by atoms with Gasteiger partial charge in [0, 0.05) is 35.8 Å². The number of benzene rings is 2. The molecule has 24 heavy (non-hydrogen) atoms. The maximum Gasteiger partial charge on any atom is 0.251 e. The van der Waals surface area contributed by atoms with Crippen molar-refractivity contribution in [2.45, 2.75) is 13.3 Å². The van der Waals surface area contributed by atoms with Gasteiger partial charge in [0.1, 0.15) is 5.75 Å². The van der Waals surface area contributed by atoms with Gasteiger partial charge in [0.25, 0.3) is 5.91 Å². The summed E-state index contributed by atoms with van der Waals surface area (Å²) in [6, 6.07) is 15.6. The first-order valence-electron chi connectivity index (χ1n) is 8.07. The Hall–Kier alpha value is -2.75. The van der Waals surface area contributed by atoms with Crippen molar-refractivity contribution in [2.75, 3.05) is 13.7 Å². The Morgan fingerprint density at radius 2 is 1.96 bits per heavy atom. The molecule has 0 aliphatic heterocycles. The number of nitrogens with one attached hydrogen (secondary N) is 1. The first-order valence-corrected chi connectivity index (χ1v) is 8.07. The zero-order chi connectivity index (χ0) is 17.1. The molecule has 0 saturated heterocycles. The van der Waals surface area contributed by atoms with Crippen LogP contribution in [0.3, 0.4) is 0 Å². The molecule has 0 fully saturated rings. The van der Waals surface area contributed by atoms with Crippen LogP contribution in [0.2, 0.25) is 0 Å². The molecule has 0 aliphatic carbocycles. The number of aryl methyl sites for hydroxylation is 1. The molecule has 0 radical (unpaired) electrons. The fourth-order valence-corrected chi connectivity index (χ4v) is 3.08. The van der Waals surface area contributed by atoms with Gasteiger partial charge in [0.05, 0.1) is 7.11 Å². The number of fused-ring (bicyclic) bond motifs is 1. The van der Waals surface area contributed by atoms with E-state index in [0.717, 1.165) is 6.42 Å². The molecule has 1 heterocycles. The second kappa shape index (κ2) is 6.79. The molecular weight excluding hydrogens is 300 g/mol. The number of amides is 1. The number of carbonyl (C=O) groups is 1. The Bertz CT molecular complexity index is 880. The Balaban J connectivity index is 1.70. The summed E-state index contributed by atoms with van der Waals surface area (Å²) in [6.07, 6.45) is 0.808. The summed E-state index contributed by atoms with van der Waals surface area (Å²) < 4.78 is 7.37. The van der Waals surface area contributed by atoms with Gasteiger partial charge in [-0.2, -0.15) is 0 Å². The number of ether oxygens (including phenoxy) is 1. The topological polar surface area (TPSA) is 43.3 Å². The third kappa shape index (κ3) is 3.00. The van der Waals surface area contributed by atoms with Crippen molar-refractivity contribution < 1.29 is 9.53 Å². The van der Waals surface area contributed by atoms with Crippen molar-refractivity contribution in [1.29, 1.82) is 0 Å². The van der Waals surface area contributed by atoms with Gasteiger partial charge in [0.15, 0.2) is 0 Å². The van der Waals surface area contributed by atoms with E-state index in [1.54, 1.807) is 19.2 Å². The minimum Gasteiger partial charge on any atom is -0.497 e. The lowest BCUT2D eigenvalue weighted by Gasteiger charge is -2.07. The predicted molar refractivity (Wildman–Crippen MR) is 96.7 cm³/mol. The number of hydrogen-bond acceptors (Lipinski definition) is 2. The van der Waals surface area contributed by atoms with Gasteiger partial charge in [-0.3, -0.25) is 4.79 Å². The highest BCUT2D eigenvalue weighted by Crippen LogP contribution is 2.24. The molecule has 0 saturated carbocycles. The van der Waals surface area contributed by atoms with E-state index < -0.39 is 0 Å². The maximum absolute atomic E-state index is 12.3. The molecule has 1 aromatic heterocycles. The van der Waals surface area contributed by atoms with Crippen LogP contribution in [0.25, 0.3) is 10.9 Å². The number of rotatable bonds is 5. The van der Waals surface area contributed by atoms with E-state index in [1.807, 2.05) is 12.1 Å². The highest BCUT2D eigenvalue weighted by molar-refractivity contribution is 5.94. The van der Waals surface area contributed by atoms with Crippen molar-refractivity contribution in [2.24, 2.45) is 7.05 Å². The molecule has 124 valence electrons. The molecule has 0 spiro atoms. The summed E-state index contributed by atoms with van der Waals surface area (Å²) in [5, 5.41) is 4.25. The molecule has 0 aliphatic rings. The van der Waals surface area contributed by atoms with E-state index in [4.69, 9.17) is 4.74 Å². The van der Waals surface area contributed by atoms with Crippen LogP contribution in [0.15, 0.2) is 48.5 Å². The SMILES string of the molecule is COc1cccc(C(=O)NCCc2c(C)n(C)c3ccccc23)c1. The van der Waals surface area contributed by atoms with Crippen molar-refractivity contribution in [1.82, 2.24) is 9.88 Å². The maximum atomic E-state index is 12.3. The van der Waals surface area contributed by atoms with E-state index in [2.05, 4.69) is 48.1 Å². The van der Waals surface area contributed by atoms with Gasteiger partial charge >= 0.3 is 0 Å². The lowest BCUT2D eigenvalue weighted by Crippen LogP contribution is -2.25. The van der Waals surface area contributed by atoms with Gasteiger partial charge in [0.2, 0.25) is 0 Å². The number of methoxy groups -OCH3 is 1. The molecule has 1 amide bonds. The fourth-order valence-electron chi connectivity index (χ4n) is 3.08. The Kier molecular flexibility index (Phi) is 4.56. The lowest BCUT2D eigenvalue weighted by molar-refractivity contribution is 0.0954. The predicted octanol–water partition coefficient (Wildman–Crippen LogP) is 3.47. The number of nitrogens with zero attached hydrogens (tertiary/aromatic N) is 1. The second-order valence-corrected chi connectivity index (χ2v) is 5.88. The van der Waals surface area contributed by atoms with E-state index in [9.17, 15) is 4.79 Å². The summed E-state index contributed by atoms with van der Waals surface area (Å²) in [7, 11) is 3.68.